The highest BCUT2D eigenvalue weighted by Gasteiger charge is 2.01. The molecule has 0 bridgehead atoms. The van der Waals surface area contributed by atoms with Crippen molar-refractivity contribution in [2.24, 2.45) is 0 Å². The van der Waals surface area contributed by atoms with Gasteiger partial charge in [-0.25, -0.2) is 4.68 Å². The first kappa shape index (κ1) is 10.4. The first-order chi connectivity index (χ1) is 7.15. The van der Waals surface area contributed by atoms with Crippen molar-refractivity contribution < 1.29 is 0 Å². The topological polar surface area (TPSA) is 54.9 Å². The molecule has 0 radical (unpaired) electrons. The van der Waals surface area contributed by atoms with Crippen LogP contribution in [0, 0.1) is 0 Å². The van der Waals surface area contributed by atoms with Crippen LogP contribution in [0.1, 0.15) is 4.88 Å². The van der Waals surface area contributed by atoms with Crippen molar-refractivity contribution in [2.75, 3.05) is 0 Å². The summed E-state index contributed by atoms with van der Waals surface area (Å²) in [6.07, 6.45) is 0. The van der Waals surface area contributed by atoms with E-state index in [1.807, 2.05) is 11.4 Å². The van der Waals surface area contributed by atoms with Crippen LogP contribution < -0.4 is 11.1 Å². The van der Waals surface area contributed by atoms with Crippen molar-refractivity contribution in [3.63, 3.8) is 0 Å². The van der Waals surface area contributed by atoms with Gasteiger partial charge in [0, 0.05) is 26.9 Å². The van der Waals surface area contributed by atoms with Crippen LogP contribution in [0.15, 0.2) is 37.6 Å². The summed E-state index contributed by atoms with van der Waals surface area (Å²) < 4.78 is 2.27. The lowest BCUT2D eigenvalue weighted by Crippen LogP contribution is -2.28. The molecule has 0 amide bonds. The van der Waals surface area contributed by atoms with Gasteiger partial charge in [-0.15, -0.1) is 11.3 Å². The van der Waals surface area contributed by atoms with E-state index in [9.17, 15) is 9.59 Å². The highest BCUT2D eigenvalue weighted by atomic mass is 79.9. The Morgan fingerprint density at radius 2 is 2.20 bits per heavy atom. The standard InChI is InChI=1S/C9H7BrN2O2S/c10-6-3-7(15-5-6)4-12-9(14)2-1-8(13)11-12/h1-3,5H,4H2,(H,11,13). The molecule has 2 aromatic rings. The molecular weight excluding hydrogens is 280 g/mol. The molecule has 1 N–H and O–H groups in total. The molecule has 2 heterocycles. The second-order valence-corrected chi connectivity index (χ2v) is 4.88. The quantitative estimate of drug-likeness (QED) is 0.908. The fourth-order valence-corrected chi connectivity index (χ4v) is 2.61. The fraction of sp³-hybridized carbons (Fsp3) is 0.111. The van der Waals surface area contributed by atoms with Crippen molar-refractivity contribution in [1.82, 2.24) is 9.78 Å². The van der Waals surface area contributed by atoms with E-state index in [1.165, 1.54) is 28.2 Å². The molecule has 0 spiro atoms. The van der Waals surface area contributed by atoms with Gasteiger partial charge >= 0.3 is 0 Å². The minimum atomic E-state index is -0.273. The number of H-pyrrole nitrogens is 1. The van der Waals surface area contributed by atoms with Crippen molar-refractivity contribution >= 4 is 27.3 Å². The predicted octanol–water partition coefficient (Wildman–Crippen LogP) is 1.41. The number of aromatic amines is 1. The Hall–Kier alpha value is -1.14. The van der Waals surface area contributed by atoms with E-state index in [0.717, 1.165) is 9.35 Å². The maximum atomic E-state index is 11.4. The van der Waals surface area contributed by atoms with Gasteiger partial charge in [0.25, 0.3) is 11.1 Å². The average Bonchev–Trinajstić information content (AvgIpc) is 2.58. The maximum Gasteiger partial charge on any atom is 0.265 e. The highest BCUT2D eigenvalue weighted by molar-refractivity contribution is 9.10. The number of hydrogen-bond acceptors (Lipinski definition) is 3. The largest absolute Gasteiger partial charge is 0.268 e. The summed E-state index contributed by atoms with van der Waals surface area (Å²) >= 11 is 4.86. The zero-order valence-corrected chi connectivity index (χ0v) is 9.97. The molecule has 0 aliphatic carbocycles. The van der Waals surface area contributed by atoms with Crippen LogP contribution in [0.25, 0.3) is 0 Å². The molecule has 15 heavy (non-hydrogen) atoms. The van der Waals surface area contributed by atoms with Crippen molar-refractivity contribution in [2.45, 2.75) is 6.54 Å². The number of aromatic nitrogens is 2. The SMILES string of the molecule is O=c1ccc(=O)n(Cc2cc(Br)cs2)[nH]1. The van der Waals surface area contributed by atoms with Gasteiger partial charge in [0.05, 0.1) is 6.54 Å². The van der Waals surface area contributed by atoms with Crippen LogP contribution in [-0.2, 0) is 6.54 Å². The fourth-order valence-electron chi connectivity index (χ4n) is 1.17. The van der Waals surface area contributed by atoms with Gasteiger partial charge in [0.2, 0.25) is 0 Å². The molecule has 0 unspecified atom stereocenters. The van der Waals surface area contributed by atoms with E-state index in [-0.39, 0.29) is 11.1 Å². The zero-order valence-electron chi connectivity index (χ0n) is 7.57. The number of halogens is 1. The smallest absolute Gasteiger partial charge is 0.265 e. The van der Waals surface area contributed by atoms with Crippen LogP contribution in [0.2, 0.25) is 0 Å². The summed E-state index contributed by atoms with van der Waals surface area (Å²) in [6, 6.07) is 4.41. The first-order valence-corrected chi connectivity index (χ1v) is 5.85. The molecule has 2 rings (SSSR count). The monoisotopic (exact) mass is 286 g/mol. The van der Waals surface area contributed by atoms with Crippen LogP contribution in [0.3, 0.4) is 0 Å². The minimum Gasteiger partial charge on any atom is -0.268 e. The zero-order chi connectivity index (χ0) is 10.8. The Balaban J connectivity index is 2.35. The second kappa shape index (κ2) is 4.16. The Bertz CT molecular complexity index is 584. The number of hydrogen-bond donors (Lipinski definition) is 1. The Morgan fingerprint density at radius 3 is 2.87 bits per heavy atom. The van der Waals surface area contributed by atoms with Crippen molar-refractivity contribution in [1.29, 1.82) is 0 Å². The van der Waals surface area contributed by atoms with E-state index >= 15 is 0 Å². The summed E-state index contributed by atoms with van der Waals surface area (Å²) in [7, 11) is 0. The lowest BCUT2D eigenvalue weighted by molar-refractivity contribution is 0.633. The predicted molar refractivity (Wildman–Crippen MR) is 62.4 cm³/mol. The third-order valence-electron chi connectivity index (χ3n) is 1.82. The molecule has 2 aromatic heterocycles. The summed E-state index contributed by atoms with van der Waals surface area (Å²) in [6.45, 7) is 0.394. The Kier molecular flexibility index (Phi) is 2.88. The molecule has 0 atom stereocenters. The molecule has 0 fully saturated rings. The lowest BCUT2D eigenvalue weighted by Gasteiger charge is -2.01. The first-order valence-electron chi connectivity index (χ1n) is 4.18. The lowest BCUT2D eigenvalue weighted by atomic mass is 10.4. The summed E-state index contributed by atoms with van der Waals surface area (Å²) in [4.78, 5) is 23.4. The Morgan fingerprint density at radius 1 is 1.40 bits per heavy atom. The van der Waals surface area contributed by atoms with Gasteiger partial charge < -0.3 is 0 Å². The molecule has 78 valence electrons. The normalized spacial score (nSPS) is 10.5. The van der Waals surface area contributed by atoms with Gasteiger partial charge in [0.15, 0.2) is 0 Å². The molecule has 0 saturated heterocycles. The highest BCUT2D eigenvalue weighted by Crippen LogP contribution is 2.19. The summed E-state index contributed by atoms with van der Waals surface area (Å²) in [5.41, 5.74) is -0.482. The Labute approximate surface area is 97.3 Å². The third kappa shape index (κ3) is 2.45. The summed E-state index contributed by atoms with van der Waals surface area (Å²) in [5.74, 6) is 0. The number of nitrogens with one attached hydrogen (secondary N) is 1. The van der Waals surface area contributed by atoms with E-state index in [4.69, 9.17) is 0 Å². The van der Waals surface area contributed by atoms with Crippen LogP contribution in [0.5, 0.6) is 0 Å². The van der Waals surface area contributed by atoms with Gasteiger partial charge in [0.1, 0.15) is 0 Å². The average molecular weight is 287 g/mol. The summed E-state index contributed by atoms with van der Waals surface area (Å²) in [5, 5.41) is 4.41. The third-order valence-corrected chi connectivity index (χ3v) is 3.51. The van der Waals surface area contributed by atoms with Crippen molar-refractivity contribution in [3.8, 4) is 0 Å². The minimum absolute atomic E-state index is 0.209. The molecule has 0 aliphatic heterocycles. The maximum absolute atomic E-state index is 11.4. The molecule has 0 aromatic carbocycles. The van der Waals surface area contributed by atoms with Gasteiger partial charge in [-0.05, 0) is 22.0 Å². The molecule has 0 aliphatic rings. The number of rotatable bonds is 2. The second-order valence-electron chi connectivity index (χ2n) is 2.97. The van der Waals surface area contributed by atoms with Gasteiger partial charge in [-0.3, -0.25) is 14.7 Å². The van der Waals surface area contributed by atoms with Gasteiger partial charge in [-0.1, -0.05) is 0 Å². The number of thiophene rings is 1. The molecule has 4 nitrogen and oxygen atoms in total. The van der Waals surface area contributed by atoms with Crippen LogP contribution in [-0.4, -0.2) is 9.78 Å². The molecule has 6 heteroatoms. The van der Waals surface area contributed by atoms with E-state index in [1.54, 1.807) is 0 Å². The van der Waals surface area contributed by atoms with E-state index < -0.39 is 0 Å². The van der Waals surface area contributed by atoms with Crippen LogP contribution in [0.4, 0.5) is 0 Å². The number of nitrogens with zero attached hydrogens (tertiary/aromatic N) is 1. The van der Waals surface area contributed by atoms with E-state index in [2.05, 4.69) is 21.0 Å². The van der Waals surface area contributed by atoms with E-state index in [0.29, 0.717) is 6.54 Å². The molecule has 0 saturated carbocycles. The molecular formula is C9H7BrN2O2S. The van der Waals surface area contributed by atoms with Gasteiger partial charge in [-0.2, -0.15) is 0 Å². The van der Waals surface area contributed by atoms with Crippen molar-refractivity contribution in [3.05, 3.63) is 53.6 Å². The van der Waals surface area contributed by atoms with Crippen LogP contribution >= 0.6 is 27.3 Å².